The molecule has 2 aromatic carbocycles. The Labute approximate surface area is 117 Å². The van der Waals surface area contributed by atoms with Gasteiger partial charge in [0.25, 0.3) is 0 Å². The first kappa shape index (κ1) is 12.5. The first-order chi connectivity index (χ1) is 9.15. The van der Waals surface area contributed by atoms with Crippen LogP contribution in [-0.2, 0) is 6.42 Å². The fourth-order valence-corrected chi connectivity index (χ4v) is 2.97. The van der Waals surface area contributed by atoms with Crippen molar-refractivity contribution in [2.45, 2.75) is 25.8 Å². The van der Waals surface area contributed by atoms with Gasteiger partial charge in [0, 0.05) is 0 Å². The summed E-state index contributed by atoms with van der Waals surface area (Å²) < 4.78 is 13.7. The standard InChI is InChI=1S/C16H15ClFN/c1-10-5-7-16(13(17)9-10)19-15-8-6-11-12(15)3-2-4-14(11)18/h2-5,7,9,15,19H,6,8H2,1H3. The number of benzene rings is 2. The van der Waals surface area contributed by atoms with Gasteiger partial charge >= 0.3 is 0 Å². The van der Waals surface area contributed by atoms with E-state index < -0.39 is 0 Å². The van der Waals surface area contributed by atoms with Gasteiger partial charge in [-0.05, 0) is 54.7 Å². The van der Waals surface area contributed by atoms with E-state index in [1.165, 1.54) is 6.07 Å². The Kier molecular flexibility index (Phi) is 3.19. The third-order valence-electron chi connectivity index (χ3n) is 3.67. The molecule has 1 atom stereocenters. The molecule has 0 heterocycles. The van der Waals surface area contributed by atoms with Crippen LogP contribution < -0.4 is 5.32 Å². The quantitative estimate of drug-likeness (QED) is 0.823. The molecule has 0 amide bonds. The molecule has 0 saturated heterocycles. The van der Waals surface area contributed by atoms with Crippen LogP contribution in [0.4, 0.5) is 10.1 Å². The van der Waals surface area contributed by atoms with Gasteiger partial charge in [0.15, 0.2) is 0 Å². The molecule has 98 valence electrons. The van der Waals surface area contributed by atoms with E-state index in [0.717, 1.165) is 35.2 Å². The summed E-state index contributed by atoms with van der Waals surface area (Å²) in [4.78, 5) is 0. The van der Waals surface area contributed by atoms with Crippen LogP contribution in [0.1, 0.15) is 29.2 Å². The molecule has 19 heavy (non-hydrogen) atoms. The molecule has 1 aliphatic carbocycles. The number of nitrogens with one attached hydrogen (secondary N) is 1. The average Bonchev–Trinajstić information content (AvgIpc) is 2.78. The highest BCUT2D eigenvalue weighted by Crippen LogP contribution is 2.36. The number of fused-ring (bicyclic) bond motifs is 1. The van der Waals surface area contributed by atoms with Crippen LogP contribution in [0.5, 0.6) is 0 Å². The maximum Gasteiger partial charge on any atom is 0.126 e. The summed E-state index contributed by atoms with van der Waals surface area (Å²) in [6, 6.07) is 11.4. The second-order valence-electron chi connectivity index (χ2n) is 5.03. The van der Waals surface area contributed by atoms with Gasteiger partial charge in [0.1, 0.15) is 5.82 Å². The van der Waals surface area contributed by atoms with Crippen LogP contribution in [0, 0.1) is 12.7 Å². The molecule has 2 aromatic rings. The number of hydrogen-bond donors (Lipinski definition) is 1. The predicted molar refractivity (Wildman–Crippen MR) is 77.3 cm³/mol. The first-order valence-electron chi connectivity index (χ1n) is 6.45. The van der Waals surface area contributed by atoms with E-state index in [1.54, 1.807) is 6.07 Å². The molecular weight excluding hydrogens is 261 g/mol. The zero-order valence-electron chi connectivity index (χ0n) is 10.7. The van der Waals surface area contributed by atoms with E-state index >= 15 is 0 Å². The van der Waals surface area contributed by atoms with E-state index in [2.05, 4.69) is 5.32 Å². The molecule has 0 bridgehead atoms. The van der Waals surface area contributed by atoms with Crippen LogP contribution in [0.2, 0.25) is 5.02 Å². The van der Waals surface area contributed by atoms with E-state index in [4.69, 9.17) is 11.6 Å². The minimum Gasteiger partial charge on any atom is -0.377 e. The third kappa shape index (κ3) is 2.33. The van der Waals surface area contributed by atoms with E-state index in [1.807, 2.05) is 31.2 Å². The fourth-order valence-electron chi connectivity index (χ4n) is 2.68. The normalized spacial score (nSPS) is 17.3. The molecule has 1 unspecified atom stereocenters. The van der Waals surface area contributed by atoms with Gasteiger partial charge in [-0.25, -0.2) is 4.39 Å². The number of rotatable bonds is 2. The molecule has 0 fully saturated rings. The van der Waals surface area contributed by atoms with Crippen molar-refractivity contribution in [2.24, 2.45) is 0 Å². The van der Waals surface area contributed by atoms with Crippen LogP contribution >= 0.6 is 11.6 Å². The predicted octanol–water partition coefficient (Wildman–Crippen LogP) is 4.89. The molecule has 0 spiro atoms. The lowest BCUT2D eigenvalue weighted by Gasteiger charge is -2.17. The average molecular weight is 276 g/mol. The van der Waals surface area contributed by atoms with Gasteiger partial charge in [-0.15, -0.1) is 0 Å². The lowest BCUT2D eigenvalue weighted by atomic mass is 10.1. The van der Waals surface area contributed by atoms with Crippen molar-refractivity contribution in [3.8, 4) is 0 Å². The summed E-state index contributed by atoms with van der Waals surface area (Å²) in [5.74, 6) is -0.100. The molecule has 0 radical (unpaired) electrons. The van der Waals surface area contributed by atoms with Crippen LogP contribution in [0.3, 0.4) is 0 Å². The second-order valence-corrected chi connectivity index (χ2v) is 5.43. The van der Waals surface area contributed by atoms with Crippen molar-refractivity contribution < 1.29 is 4.39 Å². The highest BCUT2D eigenvalue weighted by Gasteiger charge is 2.24. The maximum absolute atomic E-state index is 13.7. The Bertz CT molecular complexity index is 624. The van der Waals surface area contributed by atoms with Crippen molar-refractivity contribution in [1.29, 1.82) is 0 Å². The summed E-state index contributed by atoms with van der Waals surface area (Å²) in [6.07, 6.45) is 1.68. The van der Waals surface area contributed by atoms with Gasteiger partial charge in [0.2, 0.25) is 0 Å². The number of halogens is 2. The molecule has 3 rings (SSSR count). The maximum atomic E-state index is 13.7. The summed E-state index contributed by atoms with van der Waals surface area (Å²) in [7, 11) is 0. The molecule has 1 aliphatic rings. The molecule has 1 nitrogen and oxygen atoms in total. The highest BCUT2D eigenvalue weighted by molar-refractivity contribution is 6.33. The Balaban J connectivity index is 1.89. The Morgan fingerprint density at radius 1 is 1.26 bits per heavy atom. The summed E-state index contributed by atoms with van der Waals surface area (Å²) in [5, 5.41) is 4.13. The van der Waals surface area contributed by atoms with E-state index in [9.17, 15) is 4.39 Å². The minimum atomic E-state index is -0.100. The Morgan fingerprint density at radius 2 is 2.11 bits per heavy atom. The van der Waals surface area contributed by atoms with Gasteiger partial charge in [-0.2, -0.15) is 0 Å². The second kappa shape index (κ2) is 4.86. The number of hydrogen-bond acceptors (Lipinski definition) is 1. The van der Waals surface area contributed by atoms with Crippen LogP contribution in [0.15, 0.2) is 36.4 Å². The third-order valence-corrected chi connectivity index (χ3v) is 3.98. The van der Waals surface area contributed by atoms with E-state index in [-0.39, 0.29) is 11.9 Å². The van der Waals surface area contributed by atoms with Crippen LogP contribution in [-0.4, -0.2) is 0 Å². The van der Waals surface area contributed by atoms with Gasteiger partial charge in [-0.3, -0.25) is 0 Å². The Hall–Kier alpha value is -1.54. The summed E-state index contributed by atoms with van der Waals surface area (Å²) >= 11 is 6.23. The summed E-state index contributed by atoms with van der Waals surface area (Å²) in [5.41, 5.74) is 3.93. The van der Waals surface area contributed by atoms with Crippen molar-refractivity contribution in [3.63, 3.8) is 0 Å². The molecule has 0 saturated carbocycles. The van der Waals surface area contributed by atoms with Crippen molar-refractivity contribution in [2.75, 3.05) is 5.32 Å². The Morgan fingerprint density at radius 3 is 2.89 bits per heavy atom. The monoisotopic (exact) mass is 275 g/mol. The molecule has 0 aliphatic heterocycles. The zero-order valence-corrected chi connectivity index (χ0v) is 11.5. The minimum absolute atomic E-state index is 0.100. The highest BCUT2D eigenvalue weighted by atomic mass is 35.5. The smallest absolute Gasteiger partial charge is 0.126 e. The van der Waals surface area contributed by atoms with Gasteiger partial charge < -0.3 is 5.32 Å². The van der Waals surface area contributed by atoms with Gasteiger partial charge in [0.05, 0.1) is 16.8 Å². The molecular formula is C16H15ClFN. The topological polar surface area (TPSA) is 12.0 Å². The van der Waals surface area contributed by atoms with Crippen molar-refractivity contribution in [3.05, 3.63) is 63.9 Å². The van der Waals surface area contributed by atoms with Crippen molar-refractivity contribution >= 4 is 17.3 Å². The largest absolute Gasteiger partial charge is 0.377 e. The molecule has 3 heteroatoms. The fraction of sp³-hybridized carbons (Fsp3) is 0.250. The van der Waals surface area contributed by atoms with Gasteiger partial charge in [-0.1, -0.05) is 29.8 Å². The first-order valence-corrected chi connectivity index (χ1v) is 6.83. The van der Waals surface area contributed by atoms with E-state index in [0.29, 0.717) is 5.02 Å². The number of anilines is 1. The number of aryl methyl sites for hydroxylation is 1. The lowest BCUT2D eigenvalue weighted by molar-refractivity contribution is 0.612. The zero-order chi connectivity index (χ0) is 13.4. The SMILES string of the molecule is Cc1ccc(NC2CCc3c(F)cccc32)c(Cl)c1. The van der Waals surface area contributed by atoms with Crippen LogP contribution in [0.25, 0.3) is 0 Å². The van der Waals surface area contributed by atoms with Crippen molar-refractivity contribution in [1.82, 2.24) is 0 Å². The molecule has 0 aromatic heterocycles. The molecule has 1 N–H and O–H groups in total. The summed E-state index contributed by atoms with van der Waals surface area (Å²) in [6.45, 7) is 2.01. The lowest BCUT2D eigenvalue weighted by Crippen LogP contribution is -2.07.